The molecule has 0 saturated heterocycles. The maximum absolute atomic E-state index is 12.1. The van der Waals surface area contributed by atoms with E-state index in [2.05, 4.69) is 5.32 Å². The third-order valence-electron chi connectivity index (χ3n) is 3.08. The quantitative estimate of drug-likeness (QED) is 0.887. The summed E-state index contributed by atoms with van der Waals surface area (Å²) >= 11 is 0. The van der Waals surface area contributed by atoms with Crippen LogP contribution in [-0.4, -0.2) is 38.2 Å². The molecule has 0 bridgehead atoms. The number of methoxy groups -OCH3 is 1. The van der Waals surface area contributed by atoms with Gasteiger partial charge >= 0.3 is 6.03 Å². The number of likely N-dealkylation sites (N-methyl/N-ethyl adjacent to an activating group) is 1. The van der Waals surface area contributed by atoms with Gasteiger partial charge in [-0.1, -0.05) is 30.3 Å². The SMILES string of the molecule is COCCN(C)C(=O)Nc1ccccc1Oc1ccccc1. The molecule has 0 spiro atoms. The Morgan fingerprint density at radius 3 is 2.50 bits per heavy atom. The van der Waals surface area contributed by atoms with Gasteiger partial charge in [0.25, 0.3) is 0 Å². The van der Waals surface area contributed by atoms with Crippen molar-refractivity contribution in [3.05, 3.63) is 54.6 Å². The number of hydrogen-bond acceptors (Lipinski definition) is 3. The molecule has 2 rings (SSSR count). The van der Waals surface area contributed by atoms with Crippen LogP contribution in [0.3, 0.4) is 0 Å². The van der Waals surface area contributed by atoms with E-state index >= 15 is 0 Å². The van der Waals surface area contributed by atoms with Crippen LogP contribution in [0.4, 0.5) is 10.5 Å². The second-order valence-corrected chi connectivity index (χ2v) is 4.76. The number of carbonyl (C=O) groups is 1. The van der Waals surface area contributed by atoms with Crippen LogP contribution in [-0.2, 0) is 4.74 Å². The molecule has 1 N–H and O–H groups in total. The van der Waals surface area contributed by atoms with Crippen LogP contribution in [0.1, 0.15) is 0 Å². The fraction of sp³-hybridized carbons (Fsp3) is 0.235. The minimum atomic E-state index is -0.207. The lowest BCUT2D eigenvalue weighted by Crippen LogP contribution is -2.33. The van der Waals surface area contributed by atoms with Crippen molar-refractivity contribution < 1.29 is 14.3 Å². The highest BCUT2D eigenvalue weighted by molar-refractivity contribution is 5.90. The molecule has 0 unspecified atom stereocenters. The maximum atomic E-state index is 12.1. The maximum Gasteiger partial charge on any atom is 0.321 e. The topological polar surface area (TPSA) is 50.8 Å². The molecule has 2 amide bonds. The summed E-state index contributed by atoms with van der Waals surface area (Å²) < 4.78 is 10.8. The summed E-state index contributed by atoms with van der Waals surface area (Å²) in [7, 11) is 3.32. The molecular formula is C17H20N2O3. The molecule has 116 valence electrons. The van der Waals surface area contributed by atoms with Crippen molar-refractivity contribution in [1.29, 1.82) is 0 Å². The first-order chi connectivity index (χ1) is 10.7. The second kappa shape index (κ2) is 8.05. The monoisotopic (exact) mass is 300 g/mol. The summed E-state index contributed by atoms with van der Waals surface area (Å²) in [5.74, 6) is 1.32. The van der Waals surface area contributed by atoms with E-state index in [0.29, 0.717) is 24.6 Å². The lowest BCUT2D eigenvalue weighted by molar-refractivity contribution is 0.165. The zero-order valence-corrected chi connectivity index (χ0v) is 12.8. The van der Waals surface area contributed by atoms with Gasteiger partial charge in [0.2, 0.25) is 0 Å². The number of carbonyl (C=O) groups excluding carboxylic acids is 1. The number of urea groups is 1. The van der Waals surface area contributed by atoms with E-state index in [1.807, 2.05) is 48.5 Å². The van der Waals surface area contributed by atoms with Crippen LogP contribution < -0.4 is 10.1 Å². The van der Waals surface area contributed by atoms with E-state index in [-0.39, 0.29) is 6.03 Å². The zero-order valence-electron chi connectivity index (χ0n) is 12.8. The number of ether oxygens (including phenoxy) is 2. The summed E-state index contributed by atoms with van der Waals surface area (Å²) in [5.41, 5.74) is 0.626. The van der Waals surface area contributed by atoms with Crippen molar-refractivity contribution in [3.8, 4) is 11.5 Å². The van der Waals surface area contributed by atoms with Gasteiger partial charge in [0.05, 0.1) is 12.3 Å². The van der Waals surface area contributed by atoms with Gasteiger partial charge in [-0.3, -0.25) is 0 Å². The van der Waals surface area contributed by atoms with Gasteiger partial charge in [-0.15, -0.1) is 0 Å². The largest absolute Gasteiger partial charge is 0.455 e. The van der Waals surface area contributed by atoms with Gasteiger partial charge in [0.1, 0.15) is 5.75 Å². The predicted molar refractivity (Wildman–Crippen MR) is 86.5 cm³/mol. The number of nitrogens with one attached hydrogen (secondary N) is 1. The Kier molecular flexibility index (Phi) is 5.80. The highest BCUT2D eigenvalue weighted by Crippen LogP contribution is 2.29. The summed E-state index contributed by atoms with van der Waals surface area (Å²) in [6.07, 6.45) is 0. The smallest absolute Gasteiger partial charge is 0.321 e. The van der Waals surface area contributed by atoms with Gasteiger partial charge in [-0.25, -0.2) is 4.79 Å². The lowest BCUT2D eigenvalue weighted by atomic mass is 10.3. The number of para-hydroxylation sites is 3. The molecule has 22 heavy (non-hydrogen) atoms. The predicted octanol–water partition coefficient (Wildman–Crippen LogP) is 3.59. The highest BCUT2D eigenvalue weighted by Gasteiger charge is 2.11. The average molecular weight is 300 g/mol. The van der Waals surface area contributed by atoms with Crippen molar-refractivity contribution >= 4 is 11.7 Å². The first kappa shape index (κ1) is 15.9. The summed E-state index contributed by atoms with van der Waals surface area (Å²) in [6.45, 7) is 1.01. The van der Waals surface area contributed by atoms with Crippen molar-refractivity contribution in [2.45, 2.75) is 0 Å². The second-order valence-electron chi connectivity index (χ2n) is 4.76. The van der Waals surface area contributed by atoms with Gasteiger partial charge < -0.3 is 19.7 Å². The Hall–Kier alpha value is -2.53. The number of rotatable bonds is 6. The van der Waals surface area contributed by atoms with E-state index in [4.69, 9.17) is 9.47 Å². The van der Waals surface area contributed by atoms with E-state index in [1.54, 1.807) is 25.1 Å². The van der Waals surface area contributed by atoms with Gasteiger partial charge in [0, 0.05) is 20.7 Å². The summed E-state index contributed by atoms with van der Waals surface area (Å²) in [4.78, 5) is 13.7. The van der Waals surface area contributed by atoms with E-state index < -0.39 is 0 Å². The highest BCUT2D eigenvalue weighted by atomic mass is 16.5. The molecule has 5 heteroatoms. The van der Waals surface area contributed by atoms with Crippen LogP contribution in [0.5, 0.6) is 11.5 Å². The van der Waals surface area contributed by atoms with E-state index in [1.165, 1.54) is 0 Å². The molecule has 0 saturated carbocycles. The molecule has 0 fully saturated rings. The number of hydrogen-bond donors (Lipinski definition) is 1. The number of benzene rings is 2. The van der Waals surface area contributed by atoms with E-state index in [9.17, 15) is 4.79 Å². The number of amides is 2. The number of nitrogens with zero attached hydrogens (tertiary/aromatic N) is 1. The van der Waals surface area contributed by atoms with Crippen LogP contribution in [0.25, 0.3) is 0 Å². The molecule has 5 nitrogen and oxygen atoms in total. The van der Waals surface area contributed by atoms with Crippen LogP contribution in [0.15, 0.2) is 54.6 Å². The molecular weight excluding hydrogens is 280 g/mol. The Bertz CT molecular complexity index is 602. The molecule has 0 radical (unpaired) electrons. The lowest BCUT2D eigenvalue weighted by Gasteiger charge is -2.19. The van der Waals surface area contributed by atoms with Crippen LogP contribution in [0.2, 0.25) is 0 Å². The fourth-order valence-electron chi connectivity index (χ4n) is 1.81. The molecule has 0 atom stereocenters. The summed E-state index contributed by atoms with van der Waals surface area (Å²) in [5, 5.41) is 2.85. The average Bonchev–Trinajstić information content (AvgIpc) is 2.55. The molecule has 0 aliphatic heterocycles. The molecule has 2 aromatic carbocycles. The van der Waals surface area contributed by atoms with Crippen LogP contribution in [0, 0.1) is 0 Å². The molecule has 0 heterocycles. The minimum absolute atomic E-state index is 0.207. The Balaban J connectivity index is 2.06. The third kappa shape index (κ3) is 4.49. The van der Waals surface area contributed by atoms with Crippen molar-refractivity contribution in [2.75, 3.05) is 32.6 Å². The first-order valence-electron chi connectivity index (χ1n) is 7.03. The van der Waals surface area contributed by atoms with Crippen molar-refractivity contribution in [3.63, 3.8) is 0 Å². The summed E-state index contributed by atoms with van der Waals surface area (Å²) in [6, 6.07) is 16.6. The van der Waals surface area contributed by atoms with Gasteiger partial charge in [0.15, 0.2) is 5.75 Å². The van der Waals surface area contributed by atoms with Gasteiger partial charge in [-0.05, 0) is 24.3 Å². The zero-order chi connectivity index (χ0) is 15.8. The van der Waals surface area contributed by atoms with E-state index in [0.717, 1.165) is 5.75 Å². The standard InChI is InChI=1S/C17H20N2O3/c1-19(12-13-21-2)17(20)18-15-10-6-7-11-16(15)22-14-8-4-3-5-9-14/h3-11H,12-13H2,1-2H3,(H,18,20). The Morgan fingerprint density at radius 2 is 1.77 bits per heavy atom. The molecule has 0 aromatic heterocycles. The third-order valence-corrected chi connectivity index (χ3v) is 3.08. The fourth-order valence-corrected chi connectivity index (χ4v) is 1.81. The molecule has 0 aliphatic rings. The molecule has 2 aromatic rings. The van der Waals surface area contributed by atoms with Gasteiger partial charge in [-0.2, -0.15) is 0 Å². The molecule has 0 aliphatic carbocycles. The minimum Gasteiger partial charge on any atom is -0.455 e. The Labute approximate surface area is 130 Å². The Morgan fingerprint density at radius 1 is 1.09 bits per heavy atom. The first-order valence-corrected chi connectivity index (χ1v) is 7.03. The number of anilines is 1. The normalized spacial score (nSPS) is 10.1. The van der Waals surface area contributed by atoms with Crippen LogP contribution >= 0.6 is 0 Å². The van der Waals surface area contributed by atoms with Crippen molar-refractivity contribution in [1.82, 2.24) is 4.90 Å². The van der Waals surface area contributed by atoms with Crippen molar-refractivity contribution in [2.24, 2.45) is 0 Å².